The van der Waals surface area contributed by atoms with Gasteiger partial charge in [0.05, 0.1) is 6.54 Å². The summed E-state index contributed by atoms with van der Waals surface area (Å²) >= 11 is 0. The van der Waals surface area contributed by atoms with Crippen LogP contribution in [0.3, 0.4) is 0 Å². The smallest absolute Gasteiger partial charge is 0.213 e. The van der Waals surface area contributed by atoms with E-state index in [0.29, 0.717) is 5.54 Å². The molecule has 1 aromatic rings. The fraction of sp³-hybridized carbons (Fsp3) is 0.818. The molecule has 1 aromatic heterocycles. The van der Waals surface area contributed by atoms with Crippen molar-refractivity contribution in [2.45, 2.75) is 31.8 Å². The molecule has 0 spiro atoms. The second-order valence-electron chi connectivity index (χ2n) is 5.18. The van der Waals surface area contributed by atoms with Crippen molar-refractivity contribution in [2.24, 2.45) is 5.92 Å². The van der Waals surface area contributed by atoms with Crippen molar-refractivity contribution in [3.8, 4) is 0 Å². The maximum Gasteiger partial charge on any atom is 0.213 e. The lowest BCUT2D eigenvalue weighted by atomic mass is 9.93. The van der Waals surface area contributed by atoms with Crippen LogP contribution >= 0.6 is 0 Å². The quantitative estimate of drug-likeness (QED) is 0.813. The van der Waals surface area contributed by atoms with Gasteiger partial charge >= 0.3 is 0 Å². The molecule has 2 aliphatic rings. The highest BCUT2D eigenvalue weighted by atomic mass is 16.5. The summed E-state index contributed by atoms with van der Waals surface area (Å²) in [5.74, 6) is 1.65. The summed E-state index contributed by atoms with van der Waals surface area (Å²) in [4.78, 5) is 6.50. The van der Waals surface area contributed by atoms with E-state index in [4.69, 9.17) is 4.52 Å². The highest BCUT2D eigenvalue weighted by Gasteiger charge is 2.43. The predicted molar refractivity (Wildman–Crippen MR) is 58.7 cm³/mol. The molecule has 0 radical (unpaired) electrons. The lowest BCUT2D eigenvalue weighted by Crippen LogP contribution is -2.59. The molecule has 1 atom stereocenters. The van der Waals surface area contributed by atoms with Crippen molar-refractivity contribution in [1.29, 1.82) is 0 Å². The van der Waals surface area contributed by atoms with Gasteiger partial charge in [0.2, 0.25) is 6.39 Å². The van der Waals surface area contributed by atoms with E-state index in [0.717, 1.165) is 37.9 Å². The van der Waals surface area contributed by atoms with E-state index in [1.807, 2.05) is 0 Å². The minimum atomic E-state index is 0.294. The van der Waals surface area contributed by atoms with E-state index in [-0.39, 0.29) is 0 Å². The van der Waals surface area contributed by atoms with E-state index in [1.54, 1.807) is 0 Å². The Morgan fingerprint density at radius 3 is 3.19 bits per heavy atom. The van der Waals surface area contributed by atoms with Crippen LogP contribution in [0.1, 0.15) is 25.6 Å². The monoisotopic (exact) mass is 222 g/mol. The van der Waals surface area contributed by atoms with Crippen molar-refractivity contribution < 1.29 is 4.52 Å². The van der Waals surface area contributed by atoms with E-state index >= 15 is 0 Å². The van der Waals surface area contributed by atoms with Crippen molar-refractivity contribution in [3.05, 3.63) is 12.2 Å². The van der Waals surface area contributed by atoms with Crippen molar-refractivity contribution in [3.63, 3.8) is 0 Å². The minimum absolute atomic E-state index is 0.294. The van der Waals surface area contributed by atoms with Crippen molar-refractivity contribution >= 4 is 0 Å². The van der Waals surface area contributed by atoms with Crippen LogP contribution in [-0.4, -0.2) is 40.2 Å². The van der Waals surface area contributed by atoms with Gasteiger partial charge in [-0.3, -0.25) is 4.90 Å². The number of piperazine rings is 1. The largest absolute Gasteiger partial charge is 0.343 e. The zero-order chi connectivity index (χ0) is 11.0. The summed E-state index contributed by atoms with van der Waals surface area (Å²) < 4.78 is 4.76. The van der Waals surface area contributed by atoms with E-state index < -0.39 is 0 Å². The molecular formula is C11H18N4O. The maximum absolute atomic E-state index is 4.76. The van der Waals surface area contributed by atoms with Gasteiger partial charge < -0.3 is 9.84 Å². The third-order valence-electron chi connectivity index (χ3n) is 3.76. The number of nitrogens with zero attached hydrogens (tertiary/aromatic N) is 3. The molecule has 1 unspecified atom stereocenters. The molecule has 1 saturated carbocycles. The van der Waals surface area contributed by atoms with Gasteiger partial charge in [-0.15, -0.1) is 0 Å². The zero-order valence-corrected chi connectivity index (χ0v) is 9.65. The first kappa shape index (κ1) is 10.2. The Hall–Kier alpha value is -0.940. The van der Waals surface area contributed by atoms with Gasteiger partial charge in [0.25, 0.3) is 0 Å². The normalized spacial score (nSPS) is 31.8. The number of aromatic nitrogens is 2. The number of rotatable bonds is 3. The first-order valence-electron chi connectivity index (χ1n) is 5.99. The van der Waals surface area contributed by atoms with Gasteiger partial charge in [0, 0.05) is 25.2 Å². The van der Waals surface area contributed by atoms with Crippen LogP contribution in [0.4, 0.5) is 0 Å². The number of hydrogen-bond donors (Lipinski definition) is 1. The van der Waals surface area contributed by atoms with Crippen LogP contribution in [0, 0.1) is 5.92 Å². The molecule has 5 nitrogen and oxygen atoms in total. The number of hydrogen-bond acceptors (Lipinski definition) is 5. The highest BCUT2D eigenvalue weighted by molar-refractivity contribution is 5.02. The van der Waals surface area contributed by atoms with Gasteiger partial charge in [0.1, 0.15) is 0 Å². The zero-order valence-electron chi connectivity index (χ0n) is 9.65. The van der Waals surface area contributed by atoms with Gasteiger partial charge in [0.15, 0.2) is 5.82 Å². The summed E-state index contributed by atoms with van der Waals surface area (Å²) in [6.07, 6.45) is 4.15. The third kappa shape index (κ3) is 1.97. The summed E-state index contributed by atoms with van der Waals surface area (Å²) in [6, 6.07) is 0. The summed E-state index contributed by atoms with van der Waals surface area (Å²) in [7, 11) is 0. The van der Waals surface area contributed by atoms with Gasteiger partial charge in [-0.25, -0.2) is 0 Å². The predicted octanol–water partition coefficient (Wildman–Crippen LogP) is 0.643. The van der Waals surface area contributed by atoms with E-state index in [9.17, 15) is 0 Å². The lowest BCUT2D eigenvalue weighted by Gasteiger charge is -2.41. The molecule has 0 bridgehead atoms. The molecule has 1 aliphatic heterocycles. The van der Waals surface area contributed by atoms with Crippen molar-refractivity contribution in [1.82, 2.24) is 20.4 Å². The van der Waals surface area contributed by atoms with Crippen molar-refractivity contribution in [2.75, 3.05) is 19.6 Å². The third-order valence-corrected chi connectivity index (χ3v) is 3.76. The van der Waals surface area contributed by atoms with Gasteiger partial charge in [-0.05, 0) is 25.7 Å². The van der Waals surface area contributed by atoms with Crippen LogP contribution in [0.25, 0.3) is 0 Å². The van der Waals surface area contributed by atoms with Crippen LogP contribution in [-0.2, 0) is 6.54 Å². The Morgan fingerprint density at radius 2 is 2.50 bits per heavy atom. The average Bonchev–Trinajstić information content (AvgIpc) is 3.01. The fourth-order valence-electron chi connectivity index (χ4n) is 2.69. The van der Waals surface area contributed by atoms with E-state index in [2.05, 4.69) is 27.3 Å². The topological polar surface area (TPSA) is 54.2 Å². The first-order valence-corrected chi connectivity index (χ1v) is 5.99. The maximum atomic E-state index is 4.76. The molecule has 2 heterocycles. The van der Waals surface area contributed by atoms with Crippen LogP contribution in [0.15, 0.2) is 10.9 Å². The first-order chi connectivity index (χ1) is 7.76. The van der Waals surface area contributed by atoms with Gasteiger partial charge in [-0.1, -0.05) is 5.16 Å². The molecule has 5 heteroatoms. The van der Waals surface area contributed by atoms with Crippen LogP contribution < -0.4 is 5.32 Å². The van der Waals surface area contributed by atoms with Crippen LogP contribution in [0.5, 0.6) is 0 Å². The Morgan fingerprint density at radius 1 is 1.62 bits per heavy atom. The SMILES string of the molecule is CC1(C2CC2)CN(Cc2ncon2)CCN1. The second-order valence-corrected chi connectivity index (χ2v) is 5.18. The Balaban J connectivity index is 1.63. The Kier molecular flexibility index (Phi) is 2.44. The Labute approximate surface area is 95.2 Å². The summed E-state index contributed by atoms with van der Waals surface area (Å²) in [5, 5.41) is 7.53. The molecule has 1 saturated heterocycles. The summed E-state index contributed by atoms with van der Waals surface area (Å²) in [6.45, 7) is 6.36. The molecule has 1 aliphatic carbocycles. The minimum Gasteiger partial charge on any atom is -0.343 e. The lowest BCUT2D eigenvalue weighted by molar-refractivity contribution is 0.118. The Bertz CT molecular complexity index is 349. The molecule has 2 fully saturated rings. The molecule has 3 rings (SSSR count). The number of nitrogens with one attached hydrogen (secondary N) is 1. The van der Waals surface area contributed by atoms with Gasteiger partial charge in [-0.2, -0.15) is 4.98 Å². The molecule has 1 N–H and O–H groups in total. The van der Waals surface area contributed by atoms with Crippen LogP contribution in [0.2, 0.25) is 0 Å². The van der Waals surface area contributed by atoms with E-state index in [1.165, 1.54) is 19.2 Å². The molecule has 16 heavy (non-hydrogen) atoms. The molecular weight excluding hydrogens is 204 g/mol. The summed E-state index contributed by atoms with van der Waals surface area (Å²) in [5.41, 5.74) is 0.294. The average molecular weight is 222 g/mol. The molecule has 88 valence electrons. The standard InChI is InChI=1S/C11H18N4O/c1-11(9-2-3-9)7-15(5-4-13-11)6-10-12-8-16-14-10/h8-9,13H,2-7H2,1H3. The molecule has 0 aromatic carbocycles. The fourth-order valence-corrected chi connectivity index (χ4v) is 2.69. The highest BCUT2D eigenvalue weighted by Crippen LogP contribution is 2.40. The second kappa shape index (κ2) is 3.82. The molecule has 0 amide bonds.